The minimum Gasteiger partial charge on any atom is -0.497 e. The number of rotatable bonds is 4. The van der Waals surface area contributed by atoms with Crippen LogP contribution in [0.4, 0.5) is 0 Å². The normalized spacial score (nSPS) is 16.2. The number of aromatic nitrogens is 2. The van der Waals surface area contributed by atoms with Crippen LogP contribution in [0.5, 0.6) is 5.75 Å². The second-order valence-electron chi connectivity index (χ2n) is 5.14. The summed E-state index contributed by atoms with van der Waals surface area (Å²) in [6.07, 6.45) is 3.23. The van der Waals surface area contributed by atoms with Crippen LogP contribution in [0.3, 0.4) is 0 Å². The molecular weight excluding hydrogens is 254 g/mol. The fraction of sp³-hybridized carbons (Fsp3) is 0.467. The molecule has 0 amide bonds. The van der Waals surface area contributed by atoms with Gasteiger partial charge in [0.2, 0.25) is 11.7 Å². The largest absolute Gasteiger partial charge is 0.497 e. The zero-order valence-corrected chi connectivity index (χ0v) is 11.6. The smallest absolute Gasteiger partial charge is 0.227 e. The van der Waals surface area contributed by atoms with Gasteiger partial charge in [-0.1, -0.05) is 17.3 Å². The number of nitrogens with zero attached hydrogens (tertiary/aromatic N) is 2. The van der Waals surface area contributed by atoms with E-state index in [1.54, 1.807) is 7.11 Å². The van der Waals surface area contributed by atoms with Gasteiger partial charge >= 0.3 is 0 Å². The van der Waals surface area contributed by atoms with E-state index in [-0.39, 0.29) is 0 Å². The van der Waals surface area contributed by atoms with Gasteiger partial charge in [-0.3, -0.25) is 0 Å². The van der Waals surface area contributed by atoms with Crippen molar-refractivity contribution in [1.82, 2.24) is 15.5 Å². The first-order valence-corrected chi connectivity index (χ1v) is 7.03. The van der Waals surface area contributed by atoms with Crippen LogP contribution in [0.2, 0.25) is 0 Å². The third-order valence-electron chi connectivity index (χ3n) is 3.72. The molecule has 20 heavy (non-hydrogen) atoms. The van der Waals surface area contributed by atoms with Crippen molar-refractivity contribution in [3.63, 3.8) is 0 Å². The predicted octanol–water partition coefficient (Wildman–Crippen LogP) is 2.29. The highest BCUT2D eigenvalue weighted by Gasteiger charge is 2.17. The van der Waals surface area contributed by atoms with Gasteiger partial charge in [-0.25, -0.2) is 0 Å². The van der Waals surface area contributed by atoms with Gasteiger partial charge < -0.3 is 14.6 Å². The highest BCUT2D eigenvalue weighted by Crippen LogP contribution is 2.23. The van der Waals surface area contributed by atoms with E-state index in [4.69, 9.17) is 9.26 Å². The van der Waals surface area contributed by atoms with E-state index in [2.05, 4.69) is 15.5 Å². The molecule has 0 radical (unpaired) electrons. The van der Waals surface area contributed by atoms with Crippen molar-refractivity contribution in [1.29, 1.82) is 0 Å². The summed E-state index contributed by atoms with van der Waals surface area (Å²) < 4.78 is 10.6. The molecule has 106 valence electrons. The van der Waals surface area contributed by atoms with Gasteiger partial charge in [0.15, 0.2) is 0 Å². The molecule has 0 saturated carbocycles. The molecule has 1 aliphatic heterocycles. The van der Waals surface area contributed by atoms with Gasteiger partial charge in [0.1, 0.15) is 5.75 Å². The zero-order valence-electron chi connectivity index (χ0n) is 11.6. The second kappa shape index (κ2) is 6.05. The highest BCUT2D eigenvalue weighted by atomic mass is 16.5. The lowest BCUT2D eigenvalue weighted by Gasteiger charge is -2.20. The molecule has 0 spiro atoms. The monoisotopic (exact) mass is 273 g/mol. The Morgan fingerprint density at radius 2 is 2.20 bits per heavy atom. The fourth-order valence-corrected chi connectivity index (χ4v) is 2.55. The maximum absolute atomic E-state index is 5.37. The van der Waals surface area contributed by atoms with Gasteiger partial charge in [-0.2, -0.15) is 4.98 Å². The van der Waals surface area contributed by atoms with Crippen molar-refractivity contribution in [3.8, 4) is 17.1 Å². The average molecular weight is 273 g/mol. The predicted molar refractivity (Wildman–Crippen MR) is 75.6 cm³/mol. The average Bonchev–Trinajstić information content (AvgIpc) is 2.97. The summed E-state index contributed by atoms with van der Waals surface area (Å²) >= 11 is 0. The minimum atomic E-state index is 0.632. The molecule has 0 aliphatic carbocycles. The lowest BCUT2D eigenvalue weighted by Crippen LogP contribution is -2.28. The van der Waals surface area contributed by atoms with E-state index in [0.29, 0.717) is 11.7 Å². The first kappa shape index (κ1) is 13.1. The molecule has 1 fully saturated rings. The first-order valence-electron chi connectivity index (χ1n) is 7.03. The third-order valence-corrected chi connectivity index (χ3v) is 3.72. The van der Waals surface area contributed by atoms with Crippen LogP contribution in [-0.2, 0) is 6.42 Å². The zero-order chi connectivity index (χ0) is 13.8. The number of hydrogen-bond acceptors (Lipinski definition) is 5. The highest BCUT2D eigenvalue weighted by molar-refractivity contribution is 5.56. The van der Waals surface area contributed by atoms with Crippen molar-refractivity contribution >= 4 is 0 Å². The quantitative estimate of drug-likeness (QED) is 0.926. The summed E-state index contributed by atoms with van der Waals surface area (Å²) in [5.74, 6) is 2.81. The maximum Gasteiger partial charge on any atom is 0.227 e. The van der Waals surface area contributed by atoms with Crippen LogP contribution in [0, 0.1) is 5.92 Å². The Morgan fingerprint density at radius 1 is 1.35 bits per heavy atom. The molecular formula is C15H19N3O2. The molecule has 2 aromatic rings. The molecule has 0 unspecified atom stereocenters. The molecule has 5 nitrogen and oxygen atoms in total. The maximum atomic E-state index is 5.37. The molecule has 1 aromatic carbocycles. The Hall–Kier alpha value is -1.88. The molecule has 5 heteroatoms. The van der Waals surface area contributed by atoms with E-state index >= 15 is 0 Å². The molecule has 1 aromatic heterocycles. The van der Waals surface area contributed by atoms with Crippen LogP contribution in [0.15, 0.2) is 28.8 Å². The number of nitrogens with one attached hydrogen (secondary N) is 1. The van der Waals surface area contributed by atoms with E-state index in [1.807, 2.05) is 24.3 Å². The number of methoxy groups -OCH3 is 1. The molecule has 0 bridgehead atoms. The van der Waals surface area contributed by atoms with E-state index in [0.717, 1.165) is 36.7 Å². The molecule has 0 atom stereocenters. The van der Waals surface area contributed by atoms with Gasteiger partial charge in [-0.05, 0) is 44.0 Å². The number of ether oxygens (including phenoxy) is 1. The summed E-state index contributed by atoms with van der Waals surface area (Å²) in [5.41, 5.74) is 0.921. The molecule has 1 aliphatic rings. The van der Waals surface area contributed by atoms with Crippen LogP contribution in [0.25, 0.3) is 11.4 Å². The SMILES string of the molecule is COc1cccc(-c2noc(CC3CCNCC3)n2)c1. The van der Waals surface area contributed by atoms with Gasteiger partial charge in [0.05, 0.1) is 7.11 Å². The minimum absolute atomic E-state index is 0.632. The van der Waals surface area contributed by atoms with E-state index in [1.165, 1.54) is 12.8 Å². The van der Waals surface area contributed by atoms with Gasteiger partial charge in [-0.15, -0.1) is 0 Å². The van der Waals surface area contributed by atoms with E-state index in [9.17, 15) is 0 Å². The Balaban J connectivity index is 1.72. The van der Waals surface area contributed by atoms with Crippen LogP contribution in [0.1, 0.15) is 18.7 Å². The van der Waals surface area contributed by atoms with Crippen LogP contribution in [-0.4, -0.2) is 30.3 Å². The Labute approximate surface area is 118 Å². The van der Waals surface area contributed by atoms with Gasteiger partial charge in [0.25, 0.3) is 0 Å². The molecule has 3 rings (SSSR count). The summed E-state index contributed by atoms with van der Waals surface area (Å²) in [6, 6.07) is 7.71. The van der Waals surface area contributed by atoms with Crippen LogP contribution >= 0.6 is 0 Å². The summed E-state index contributed by atoms with van der Waals surface area (Å²) in [7, 11) is 1.65. The Kier molecular flexibility index (Phi) is 3.97. The standard InChI is InChI=1S/C15H19N3O2/c1-19-13-4-2-3-12(10-13)15-17-14(20-18-15)9-11-5-7-16-8-6-11/h2-4,10-11,16H,5-9H2,1H3. The van der Waals surface area contributed by atoms with Gasteiger partial charge in [0, 0.05) is 12.0 Å². The molecule has 2 heterocycles. The Bertz CT molecular complexity index is 562. The number of hydrogen-bond donors (Lipinski definition) is 1. The van der Waals surface area contributed by atoms with Crippen molar-refractivity contribution in [2.75, 3.05) is 20.2 Å². The van der Waals surface area contributed by atoms with Crippen molar-refractivity contribution in [3.05, 3.63) is 30.2 Å². The lowest BCUT2D eigenvalue weighted by molar-refractivity contribution is 0.313. The summed E-state index contributed by atoms with van der Waals surface area (Å²) in [4.78, 5) is 4.50. The second-order valence-corrected chi connectivity index (χ2v) is 5.14. The number of piperidine rings is 1. The molecule has 1 N–H and O–H groups in total. The van der Waals surface area contributed by atoms with Crippen molar-refractivity contribution in [2.45, 2.75) is 19.3 Å². The Morgan fingerprint density at radius 3 is 3.00 bits per heavy atom. The van der Waals surface area contributed by atoms with Crippen molar-refractivity contribution in [2.24, 2.45) is 5.92 Å². The lowest BCUT2D eigenvalue weighted by atomic mass is 9.95. The topological polar surface area (TPSA) is 60.2 Å². The first-order chi connectivity index (χ1) is 9.85. The number of benzene rings is 1. The summed E-state index contributed by atoms with van der Waals surface area (Å²) in [6.45, 7) is 2.17. The van der Waals surface area contributed by atoms with E-state index < -0.39 is 0 Å². The van der Waals surface area contributed by atoms with Crippen LogP contribution < -0.4 is 10.1 Å². The fourth-order valence-electron chi connectivity index (χ4n) is 2.55. The van der Waals surface area contributed by atoms with Crippen molar-refractivity contribution < 1.29 is 9.26 Å². The third kappa shape index (κ3) is 2.99. The molecule has 1 saturated heterocycles. The summed E-state index contributed by atoms with van der Waals surface area (Å²) in [5, 5.41) is 7.43.